The number of aryl methyl sites for hydroxylation is 2. The van der Waals surface area contributed by atoms with Crippen molar-refractivity contribution in [2.45, 2.75) is 13.8 Å². The van der Waals surface area contributed by atoms with E-state index in [1.165, 1.54) is 16.7 Å². The van der Waals surface area contributed by atoms with Crippen molar-refractivity contribution in [3.05, 3.63) is 53.1 Å². The molecule has 3 aromatic rings. The first kappa shape index (κ1) is 12.6. The Kier molecular flexibility index (Phi) is 2.71. The normalized spacial score (nSPS) is 11.2. The van der Waals surface area contributed by atoms with Gasteiger partial charge in [0.1, 0.15) is 11.5 Å². The summed E-state index contributed by atoms with van der Waals surface area (Å²) in [6.45, 7) is 3.50. The molecule has 0 unspecified atom stereocenters. The van der Waals surface area contributed by atoms with Gasteiger partial charge in [0, 0.05) is 0 Å². The van der Waals surface area contributed by atoms with E-state index < -0.39 is 11.6 Å². The third kappa shape index (κ3) is 1.74. The summed E-state index contributed by atoms with van der Waals surface area (Å²) in [4.78, 5) is 4.17. The molecule has 2 N–H and O–H groups in total. The minimum absolute atomic E-state index is 0.0639. The van der Waals surface area contributed by atoms with Crippen LogP contribution in [0.1, 0.15) is 11.1 Å². The van der Waals surface area contributed by atoms with Gasteiger partial charge in [-0.25, -0.2) is 13.8 Å². The third-order valence-electron chi connectivity index (χ3n) is 3.32. The molecule has 2 aromatic carbocycles. The number of hydrogen-bond donors (Lipinski definition) is 1. The quantitative estimate of drug-likeness (QED) is 0.737. The van der Waals surface area contributed by atoms with Crippen LogP contribution in [0, 0.1) is 25.5 Å². The molecule has 0 fully saturated rings. The van der Waals surface area contributed by atoms with Gasteiger partial charge in [-0.1, -0.05) is 12.1 Å². The molecule has 0 atom stereocenters. The molecule has 0 saturated heterocycles. The maximum atomic E-state index is 14.3. The molecule has 0 amide bonds. The molecule has 1 aromatic heterocycles. The fraction of sp³-hybridized carbons (Fsp3) is 0.133. The summed E-state index contributed by atoms with van der Waals surface area (Å²) in [6.07, 6.45) is 0. The first-order chi connectivity index (χ1) is 9.49. The number of nitrogens with two attached hydrogens (primary N) is 1. The maximum absolute atomic E-state index is 14.3. The molecule has 1 heterocycles. The third-order valence-corrected chi connectivity index (χ3v) is 3.32. The lowest BCUT2D eigenvalue weighted by Gasteiger charge is -2.10. The van der Waals surface area contributed by atoms with Gasteiger partial charge in [0.25, 0.3) is 0 Å². The minimum Gasteiger partial charge on any atom is -0.369 e. The second kappa shape index (κ2) is 4.30. The first-order valence-corrected chi connectivity index (χ1v) is 6.18. The van der Waals surface area contributed by atoms with Crippen LogP contribution >= 0.6 is 0 Å². The predicted molar refractivity (Wildman–Crippen MR) is 74.9 cm³/mol. The average molecular weight is 273 g/mol. The minimum atomic E-state index is -0.667. The Morgan fingerprint density at radius 1 is 1.10 bits per heavy atom. The molecule has 0 spiro atoms. The molecule has 3 rings (SSSR count). The van der Waals surface area contributed by atoms with E-state index >= 15 is 0 Å². The summed E-state index contributed by atoms with van der Waals surface area (Å²) in [5.74, 6) is -1.23. The largest absolute Gasteiger partial charge is 0.369 e. The van der Waals surface area contributed by atoms with Crippen molar-refractivity contribution in [1.82, 2.24) is 9.55 Å². The molecule has 0 aliphatic carbocycles. The highest BCUT2D eigenvalue weighted by Crippen LogP contribution is 2.28. The zero-order chi connectivity index (χ0) is 14.4. The van der Waals surface area contributed by atoms with E-state index in [0.717, 1.165) is 5.56 Å². The van der Waals surface area contributed by atoms with Crippen molar-refractivity contribution in [2.75, 3.05) is 5.73 Å². The van der Waals surface area contributed by atoms with E-state index in [1.807, 2.05) is 19.1 Å². The van der Waals surface area contributed by atoms with Crippen LogP contribution in [0.5, 0.6) is 0 Å². The van der Waals surface area contributed by atoms with Crippen LogP contribution in [0.2, 0.25) is 0 Å². The molecule has 5 heteroatoms. The summed E-state index contributed by atoms with van der Waals surface area (Å²) in [6, 6.07) is 8.06. The van der Waals surface area contributed by atoms with Crippen LogP contribution in [0.4, 0.5) is 14.7 Å². The molecule has 3 nitrogen and oxygen atoms in total. The lowest BCUT2D eigenvalue weighted by atomic mass is 10.2. The number of hydrogen-bond acceptors (Lipinski definition) is 2. The van der Waals surface area contributed by atoms with Gasteiger partial charge < -0.3 is 5.73 Å². The van der Waals surface area contributed by atoms with E-state index in [0.29, 0.717) is 16.6 Å². The van der Waals surface area contributed by atoms with Gasteiger partial charge in [0.2, 0.25) is 5.95 Å². The first-order valence-electron chi connectivity index (χ1n) is 6.18. The van der Waals surface area contributed by atoms with Crippen LogP contribution in [0.15, 0.2) is 30.3 Å². The Morgan fingerprint density at radius 3 is 2.60 bits per heavy atom. The number of benzene rings is 2. The summed E-state index contributed by atoms with van der Waals surface area (Å²) in [5, 5.41) is 0. The number of aromatic nitrogens is 2. The zero-order valence-electron chi connectivity index (χ0n) is 11.1. The van der Waals surface area contributed by atoms with Crippen molar-refractivity contribution >= 4 is 17.0 Å². The fourth-order valence-electron chi connectivity index (χ4n) is 2.29. The van der Waals surface area contributed by atoms with E-state index in [1.54, 1.807) is 13.0 Å². The maximum Gasteiger partial charge on any atom is 0.206 e. The van der Waals surface area contributed by atoms with Gasteiger partial charge >= 0.3 is 0 Å². The Labute approximate surface area is 114 Å². The van der Waals surface area contributed by atoms with Gasteiger partial charge in [-0.15, -0.1) is 0 Å². The lowest BCUT2D eigenvalue weighted by Crippen LogP contribution is -2.06. The van der Waals surface area contributed by atoms with E-state index in [9.17, 15) is 8.78 Å². The van der Waals surface area contributed by atoms with Crippen LogP contribution in [-0.4, -0.2) is 9.55 Å². The van der Waals surface area contributed by atoms with Gasteiger partial charge in [-0.2, -0.15) is 0 Å². The molecule has 102 valence electrons. The van der Waals surface area contributed by atoms with Gasteiger partial charge in [0.05, 0.1) is 11.0 Å². The Bertz CT molecular complexity index is 822. The van der Waals surface area contributed by atoms with Crippen molar-refractivity contribution in [2.24, 2.45) is 0 Å². The Hall–Kier alpha value is -2.43. The molecule has 0 radical (unpaired) electrons. The topological polar surface area (TPSA) is 43.8 Å². The number of fused-ring (bicyclic) bond motifs is 1. The van der Waals surface area contributed by atoms with E-state index in [-0.39, 0.29) is 11.6 Å². The van der Waals surface area contributed by atoms with Gasteiger partial charge in [-0.3, -0.25) is 4.57 Å². The van der Waals surface area contributed by atoms with Gasteiger partial charge in [-0.05, 0) is 43.2 Å². The Balaban J connectivity index is 2.41. The highest BCUT2D eigenvalue weighted by Gasteiger charge is 2.18. The van der Waals surface area contributed by atoms with Crippen molar-refractivity contribution < 1.29 is 8.78 Å². The smallest absolute Gasteiger partial charge is 0.206 e. The number of imidazole rings is 1. The standard InChI is InChI=1S/C15H13F2N3/c1-8-3-6-12-11(7-8)19-15(18)20(12)14-10(16)5-4-9(2)13(14)17/h3-7H,1-2H3,(H2,18,19). The number of anilines is 1. The molecule has 20 heavy (non-hydrogen) atoms. The van der Waals surface area contributed by atoms with Crippen LogP contribution < -0.4 is 5.73 Å². The van der Waals surface area contributed by atoms with E-state index in [2.05, 4.69) is 4.98 Å². The monoisotopic (exact) mass is 273 g/mol. The summed E-state index contributed by atoms with van der Waals surface area (Å²) in [7, 11) is 0. The summed E-state index contributed by atoms with van der Waals surface area (Å²) in [5.41, 5.74) is 8.21. The van der Waals surface area contributed by atoms with Crippen LogP contribution in [-0.2, 0) is 0 Å². The van der Waals surface area contributed by atoms with Crippen molar-refractivity contribution in [3.8, 4) is 5.69 Å². The molecule has 0 aliphatic heterocycles. The second-order valence-corrected chi connectivity index (χ2v) is 4.82. The average Bonchev–Trinajstić information content (AvgIpc) is 2.70. The van der Waals surface area contributed by atoms with Gasteiger partial charge in [0.15, 0.2) is 5.82 Å². The second-order valence-electron chi connectivity index (χ2n) is 4.82. The zero-order valence-corrected chi connectivity index (χ0v) is 11.1. The molecular weight excluding hydrogens is 260 g/mol. The fourth-order valence-corrected chi connectivity index (χ4v) is 2.29. The number of halogens is 2. The number of nitrogen functional groups attached to an aromatic ring is 1. The van der Waals surface area contributed by atoms with Crippen LogP contribution in [0.25, 0.3) is 16.7 Å². The van der Waals surface area contributed by atoms with Crippen LogP contribution in [0.3, 0.4) is 0 Å². The molecule has 0 saturated carbocycles. The molecule has 0 aliphatic rings. The van der Waals surface area contributed by atoms with Crippen molar-refractivity contribution in [1.29, 1.82) is 0 Å². The molecule has 0 bridgehead atoms. The highest BCUT2D eigenvalue weighted by molar-refractivity contribution is 5.81. The Morgan fingerprint density at radius 2 is 1.85 bits per heavy atom. The SMILES string of the molecule is Cc1ccc2c(c1)nc(N)n2-c1c(F)ccc(C)c1F. The van der Waals surface area contributed by atoms with E-state index in [4.69, 9.17) is 5.73 Å². The summed E-state index contributed by atoms with van der Waals surface area (Å²) >= 11 is 0. The van der Waals surface area contributed by atoms with Crippen molar-refractivity contribution in [3.63, 3.8) is 0 Å². The highest BCUT2D eigenvalue weighted by atomic mass is 19.1. The number of nitrogens with zero attached hydrogens (tertiary/aromatic N) is 2. The predicted octanol–water partition coefficient (Wildman–Crippen LogP) is 3.50. The molecular formula is C15H13F2N3. The lowest BCUT2D eigenvalue weighted by molar-refractivity contribution is 0.566. The number of rotatable bonds is 1. The summed E-state index contributed by atoms with van der Waals surface area (Å²) < 4.78 is 29.6.